The fraction of sp³-hybridized carbons (Fsp3) is 0.447. The number of hydrogen-bond acceptors (Lipinski definition) is 5. The van der Waals surface area contributed by atoms with Crippen LogP contribution in [0.15, 0.2) is 66.0 Å². The molecule has 3 heterocycles. The molecule has 2 aromatic rings. The summed E-state index contributed by atoms with van der Waals surface area (Å²) in [5, 5.41) is 6.82. The van der Waals surface area contributed by atoms with Gasteiger partial charge >= 0.3 is 0 Å². The van der Waals surface area contributed by atoms with Crippen LogP contribution in [0.4, 0.5) is 0 Å². The topological polar surface area (TPSA) is 69.5 Å². The van der Waals surface area contributed by atoms with Crippen LogP contribution >= 0.6 is 0 Å². The van der Waals surface area contributed by atoms with Gasteiger partial charge in [0.15, 0.2) is 5.78 Å². The van der Waals surface area contributed by atoms with E-state index in [9.17, 15) is 4.79 Å². The number of nitrogens with one attached hydrogen (secondary N) is 2. The second kappa shape index (κ2) is 18.2. The summed E-state index contributed by atoms with van der Waals surface area (Å²) in [4.78, 5) is 11.9. The van der Waals surface area contributed by atoms with Gasteiger partial charge in [0, 0.05) is 42.4 Å². The minimum Gasteiger partial charge on any atom is -0.490 e. The summed E-state index contributed by atoms with van der Waals surface area (Å²) in [6, 6.07) is 12.6. The molecule has 43 heavy (non-hydrogen) atoms. The van der Waals surface area contributed by atoms with Gasteiger partial charge in [-0.25, -0.2) is 0 Å². The summed E-state index contributed by atoms with van der Waals surface area (Å²) < 4.78 is 11.9. The molecule has 0 bridgehead atoms. The number of benzene rings is 2. The summed E-state index contributed by atoms with van der Waals surface area (Å²) >= 11 is 0. The van der Waals surface area contributed by atoms with Crippen molar-refractivity contribution in [1.29, 1.82) is 0 Å². The Hall–Kier alpha value is -3.57. The van der Waals surface area contributed by atoms with Crippen molar-refractivity contribution in [2.75, 3.05) is 19.8 Å². The Balaban J connectivity index is 0.00000148. The molecule has 5 heteroatoms. The number of hydrogen-bond donors (Lipinski definition) is 2. The zero-order chi connectivity index (χ0) is 29.9. The average Bonchev–Trinajstić information content (AvgIpc) is 3.86. The Bertz CT molecular complexity index is 1340. The third-order valence-electron chi connectivity index (χ3n) is 7.42. The van der Waals surface area contributed by atoms with Gasteiger partial charge in [-0.15, -0.1) is 0 Å². The smallest absolute Gasteiger partial charge is 0.159 e. The summed E-state index contributed by atoms with van der Waals surface area (Å²) in [7, 11) is 0. The quantitative estimate of drug-likeness (QED) is 0.301. The first-order chi connectivity index (χ1) is 19.9. The van der Waals surface area contributed by atoms with Gasteiger partial charge in [0.1, 0.15) is 11.9 Å². The first-order valence-corrected chi connectivity index (χ1v) is 15.3. The Morgan fingerprint density at radius 2 is 1.70 bits per heavy atom. The fourth-order valence-corrected chi connectivity index (χ4v) is 5.15. The molecule has 5 nitrogen and oxygen atoms in total. The Morgan fingerprint density at radius 1 is 1.02 bits per heavy atom. The Morgan fingerprint density at radius 3 is 2.30 bits per heavy atom. The average molecular weight is 589 g/mol. The van der Waals surface area contributed by atoms with E-state index < -0.39 is 0 Å². The lowest BCUT2D eigenvalue weighted by Crippen LogP contribution is -2.26. The van der Waals surface area contributed by atoms with Crippen molar-refractivity contribution in [2.24, 2.45) is 0 Å². The van der Waals surface area contributed by atoms with Crippen LogP contribution in [0.5, 0.6) is 5.75 Å². The SMILES string of the molecule is C.C.CC.CC.CCc1cc(C(C)=O)ccc1/C(C)=C/C1=C(C)C(c2ccc(OC3CCOCC3)c(C3=CN3)c2)=CCN1. The summed E-state index contributed by atoms with van der Waals surface area (Å²) in [6.45, 7) is 18.4. The van der Waals surface area contributed by atoms with Gasteiger partial charge in [0.2, 0.25) is 0 Å². The molecule has 2 N–H and O–H groups in total. The highest BCUT2D eigenvalue weighted by Crippen LogP contribution is 2.36. The van der Waals surface area contributed by atoms with E-state index >= 15 is 0 Å². The number of aryl methyl sites for hydroxylation is 1. The third kappa shape index (κ3) is 9.46. The van der Waals surface area contributed by atoms with E-state index in [1.54, 1.807) is 6.92 Å². The monoisotopic (exact) mass is 588 g/mol. The zero-order valence-corrected chi connectivity index (χ0v) is 26.2. The van der Waals surface area contributed by atoms with Gasteiger partial charge in [-0.05, 0) is 84.9 Å². The van der Waals surface area contributed by atoms with Crippen molar-refractivity contribution < 1.29 is 14.3 Å². The number of Topliss-reactive ketones (excluding diaryl/α,β-unsaturated/α-hetero) is 1. The predicted molar refractivity (Wildman–Crippen MR) is 186 cm³/mol. The number of carbonyl (C=O) groups excluding carboxylic acids is 1. The summed E-state index contributed by atoms with van der Waals surface area (Å²) in [5.41, 5.74) is 11.3. The molecular formula is C38H56N2O3. The van der Waals surface area contributed by atoms with E-state index in [0.29, 0.717) is 0 Å². The molecule has 5 rings (SSSR count). The van der Waals surface area contributed by atoms with Crippen molar-refractivity contribution in [3.8, 4) is 5.75 Å². The van der Waals surface area contributed by atoms with Crippen molar-refractivity contribution in [3.05, 3.63) is 93.8 Å². The van der Waals surface area contributed by atoms with Crippen molar-refractivity contribution >= 4 is 22.6 Å². The van der Waals surface area contributed by atoms with Crippen LogP contribution < -0.4 is 15.4 Å². The van der Waals surface area contributed by atoms with E-state index in [1.807, 2.05) is 46.0 Å². The lowest BCUT2D eigenvalue weighted by atomic mass is 9.91. The Kier molecular flexibility index (Phi) is 15.8. The van der Waals surface area contributed by atoms with Gasteiger partial charge in [-0.2, -0.15) is 0 Å². The number of ketones is 1. The predicted octanol–water partition coefficient (Wildman–Crippen LogP) is 9.60. The standard InChI is InChI=1S/C32H36N2O3.2C2H6.2CH4/c1-5-23-17-24(22(4)35)6-8-27(23)20(2)16-30-21(3)28(10-13-33-30)25-7-9-32(29(18-25)31-19-34-31)37-26-11-14-36-15-12-26;2*1-2;;/h6-10,16-19,26,33-34H,5,11-15H2,1-4H3;2*1-2H3;2*1H4/b20-16+;;;;. The van der Waals surface area contributed by atoms with Crippen LogP contribution in [0.1, 0.15) is 116 Å². The van der Waals surface area contributed by atoms with Crippen LogP contribution in [0, 0.1) is 0 Å². The number of dihydropyridines is 1. The van der Waals surface area contributed by atoms with E-state index in [0.717, 1.165) is 67.3 Å². The molecule has 0 unspecified atom stereocenters. The number of carbonyl (C=O) groups is 1. The van der Waals surface area contributed by atoms with Crippen LogP contribution in [0.25, 0.3) is 16.8 Å². The maximum Gasteiger partial charge on any atom is 0.159 e. The zero-order valence-electron chi connectivity index (χ0n) is 26.2. The van der Waals surface area contributed by atoms with Gasteiger partial charge < -0.3 is 20.1 Å². The second-order valence-corrected chi connectivity index (χ2v) is 9.99. The van der Waals surface area contributed by atoms with Gasteiger partial charge in [-0.3, -0.25) is 4.79 Å². The van der Waals surface area contributed by atoms with Gasteiger partial charge in [0.05, 0.1) is 18.9 Å². The van der Waals surface area contributed by atoms with Gasteiger partial charge in [0.25, 0.3) is 0 Å². The van der Waals surface area contributed by atoms with Crippen LogP contribution in [0.2, 0.25) is 0 Å². The van der Waals surface area contributed by atoms with Gasteiger partial charge in [-0.1, -0.05) is 73.7 Å². The molecular weight excluding hydrogens is 532 g/mol. The van der Waals surface area contributed by atoms with Crippen molar-refractivity contribution in [2.45, 2.75) is 95.6 Å². The minimum absolute atomic E-state index is 0. The second-order valence-electron chi connectivity index (χ2n) is 9.99. The molecule has 3 aliphatic heterocycles. The first kappa shape index (κ1) is 37.5. The molecule has 1 saturated heterocycles. The highest BCUT2D eigenvalue weighted by Gasteiger charge is 2.22. The molecule has 0 amide bonds. The molecule has 0 atom stereocenters. The lowest BCUT2D eigenvalue weighted by Gasteiger charge is -2.25. The summed E-state index contributed by atoms with van der Waals surface area (Å²) in [6.07, 6.45) is 9.46. The lowest BCUT2D eigenvalue weighted by molar-refractivity contribution is 0.0254. The largest absolute Gasteiger partial charge is 0.490 e. The first-order valence-electron chi connectivity index (χ1n) is 15.3. The van der Waals surface area contributed by atoms with Crippen LogP contribution in [0.3, 0.4) is 0 Å². The van der Waals surface area contributed by atoms with E-state index in [1.165, 1.54) is 33.4 Å². The maximum atomic E-state index is 11.9. The van der Waals surface area contributed by atoms with Crippen LogP contribution in [-0.2, 0) is 11.2 Å². The van der Waals surface area contributed by atoms with Crippen LogP contribution in [-0.4, -0.2) is 31.6 Å². The van der Waals surface area contributed by atoms with E-state index in [-0.39, 0.29) is 26.7 Å². The molecule has 1 fully saturated rings. The molecule has 0 radical (unpaired) electrons. The molecule has 0 saturated carbocycles. The molecule has 0 spiro atoms. The normalized spacial score (nSPS) is 15.8. The fourth-order valence-electron chi connectivity index (χ4n) is 5.15. The highest BCUT2D eigenvalue weighted by atomic mass is 16.5. The highest BCUT2D eigenvalue weighted by molar-refractivity contribution is 5.95. The molecule has 236 valence electrons. The van der Waals surface area contributed by atoms with Crippen molar-refractivity contribution in [1.82, 2.24) is 10.6 Å². The summed E-state index contributed by atoms with van der Waals surface area (Å²) in [5.74, 6) is 1.03. The molecule has 2 aromatic carbocycles. The number of ether oxygens (including phenoxy) is 2. The minimum atomic E-state index is 0. The molecule has 0 aliphatic carbocycles. The maximum absolute atomic E-state index is 11.9. The van der Waals surface area contributed by atoms with Crippen molar-refractivity contribution in [3.63, 3.8) is 0 Å². The Labute approximate surface area is 262 Å². The number of allylic oxidation sites excluding steroid dienone is 4. The van der Waals surface area contributed by atoms with E-state index in [4.69, 9.17) is 9.47 Å². The third-order valence-corrected chi connectivity index (χ3v) is 7.42. The molecule has 0 aromatic heterocycles. The molecule has 3 aliphatic rings. The number of rotatable bonds is 8. The van der Waals surface area contributed by atoms with E-state index in [2.05, 4.69) is 67.8 Å².